The van der Waals surface area contributed by atoms with Crippen molar-refractivity contribution in [3.05, 3.63) is 88.1 Å². The summed E-state index contributed by atoms with van der Waals surface area (Å²) >= 11 is 0. The zero-order chi connectivity index (χ0) is 25.7. The monoisotopic (exact) mass is 496 g/mol. The number of amidine groups is 1. The third-order valence-corrected chi connectivity index (χ3v) is 5.09. The molecule has 0 saturated heterocycles. The van der Waals surface area contributed by atoms with E-state index in [0.29, 0.717) is 11.3 Å². The van der Waals surface area contributed by atoms with Crippen LogP contribution in [-0.2, 0) is 0 Å². The van der Waals surface area contributed by atoms with Crippen LogP contribution in [0, 0.1) is 11.2 Å². The van der Waals surface area contributed by atoms with Gasteiger partial charge < -0.3 is 20.5 Å². The number of nitrogen functional groups attached to an aromatic ring is 1. The van der Waals surface area contributed by atoms with Crippen LogP contribution in [0.15, 0.2) is 59.7 Å². The van der Waals surface area contributed by atoms with E-state index in [2.05, 4.69) is 25.4 Å². The Morgan fingerprint density at radius 3 is 2.58 bits per heavy atom. The first-order valence-corrected chi connectivity index (χ1v) is 10.6. The van der Waals surface area contributed by atoms with E-state index in [1.807, 2.05) is 0 Å². The van der Waals surface area contributed by atoms with Crippen LogP contribution in [0.3, 0.4) is 0 Å². The van der Waals surface area contributed by atoms with Crippen LogP contribution >= 0.6 is 0 Å². The number of aromatic nitrogens is 5. The van der Waals surface area contributed by atoms with Gasteiger partial charge in [-0.05, 0) is 36.4 Å². The molecule has 4 aromatic rings. The summed E-state index contributed by atoms with van der Waals surface area (Å²) in [6.45, 7) is -1.03. The molecule has 36 heavy (non-hydrogen) atoms. The summed E-state index contributed by atoms with van der Waals surface area (Å²) in [4.78, 5) is 23.3. The first-order chi connectivity index (χ1) is 17.4. The summed E-state index contributed by atoms with van der Waals surface area (Å²) in [5.74, 6) is -0.550. The van der Waals surface area contributed by atoms with Crippen LogP contribution in [0.1, 0.15) is 23.0 Å². The quantitative estimate of drug-likeness (QED) is 0.192. The molecule has 0 aliphatic rings. The van der Waals surface area contributed by atoms with Crippen molar-refractivity contribution in [2.45, 2.75) is 6.04 Å². The number of anilines is 1. The Morgan fingerprint density at radius 2 is 1.94 bits per heavy atom. The standard InChI is InChI=1S/C23H22F2N8O3/c1-35-17-11-15(16(25)12-18(17)36-10-7-24)19(30-14-5-3-13(4-6-14)20(26)27)21-31-23(34)33(32-21)22-28-8-2-9-29-22/h2-6,8-9,11-12,19,30H,7,10H2,1H3,(H3,26,27)(H,31,32,34). The van der Waals surface area contributed by atoms with Crippen molar-refractivity contribution < 1.29 is 18.3 Å². The van der Waals surface area contributed by atoms with Crippen LogP contribution < -0.4 is 26.2 Å². The minimum atomic E-state index is -1.02. The molecule has 186 valence electrons. The number of hydrogen-bond donors (Lipinski definition) is 4. The molecule has 2 aromatic heterocycles. The summed E-state index contributed by atoms with van der Waals surface area (Å²) in [6, 6.07) is 9.55. The SMILES string of the molecule is COc1cc(C(Nc2ccc(C(=N)N)cc2)c2nn(-c3ncccn3)c(=O)[nH]2)c(F)cc1OCCF. The number of rotatable bonds is 10. The molecular formula is C23H22F2N8O3. The molecule has 0 aliphatic carbocycles. The number of halogens is 2. The highest BCUT2D eigenvalue weighted by Crippen LogP contribution is 2.35. The normalized spacial score (nSPS) is 11.6. The van der Waals surface area contributed by atoms with Crippen LogP contribution in [0.25, 0.3) is 5.95 Å². The first-order valence-electron chi connectivity index (χ1n) is 10.6. The van der Waals surface area contributed by atoms with Crippen molar-refractivity contribution in [2.75, 3.05) is 25.7 Å². The number of nitrogens with two attached hydrogens (primary N) is 1. The summed E-state index contributed by atoms with van der Waals surface area (Å²) in [5, 5.41) is 15.0. The number of aromatic amines is 1. The molecule has 0 fully saturated rings. The minimum Gasteiger partial charge on any atom is -0.493 e. The first kappa shape index (κ1) is 24.3. The van der Waals surface area contributed by atoms with Gasteiger partial charge >= 0.3 is 5.69 Å². The van der Waals surface area contributed by atoms with Crippen molar-refractivity contribution in [2.24, 2.45) is 5.73 Å². The molecule has 11 nitrogen and oxygen atoms in total. The highest BCUT2D eigenvalue weighted by molar-refractivity contribution is 5.95. The average molecular weight is 496 g/mol. The second-order valence-corrected chi connectivity index (χ2v) is 7.41. The molecule has 0 bridgehead atoms. The van der Waals surface area contributed by atoms with Crippen LogP contribution in [0.4, 0.5) is 14.5 Å². The van der Waals surface area contributed by atoms with Gasteiger partial charge in [-0.15, -0.1) is 9.78 Å². The number of ether oxygens (including phenoxy) is 2. The summed E-state index contributed by atoms with van der Waals surface area (Å²) < 4.78 is 39.5. The van der Waals surface area contributed by atoms with Gasteiger partial charge in [0.05, 0.1) is 7.11 Å². The number of H-pyrrole nitrogens is 1. The van der Waals surface area contributed by atoms with Crippen molar-refractivity contribution >= 4 is 11.5 Å². The number of nitrogens with one attached hydrogen (secondary N) is 3. The fraction of sp³-hybridized carbons (Fsp3) is 0.174. The molecule has 13 heteroatoms. The molecule has 0 aliphatic heterocycles. The number of methoxy groups -OCH3 is 1. The third kappa shape index (κ3) is 5.14. The van der Waals surface area contributed by atoms with Crippen LogP contribution in [-0.4, -0.2) is 51.0 Å². The van der Waals surface area contributed by atoms with Gasteiger partial charge in [-0.2, -0.15) is 0 Å². The molecule has 0 amide bonds. The molecule has 2 heterocycles. The highest BCUT2D eigenvalue weighted by Gasteiger charge is 2.26. The van der Waals surface area contributed by atoms with E-state index in [1.165, 1.54) is 25.6 Å². The van der Waals surface area contributed by atoms with Gasteiger partial charge in [0.1, 0.15) is 31.0 Å². The molecule has 1 unspecified atom stereocenters. The van der Waals surface area contributed by atoms with Crippen molar-refractivity contribution in [3.8, 4) is 17.4 Å². The van der Waals surface area contributed by atoms with Gasteiger partial charge in [-0.3, -0.25) is 10.4 Å². The molecule has 0 radical (unpaired) electrons. The fourth-order valence-electron chi connectivity index (χ4n) is 3.41. The second kappa shape index (κ2) is 10.6. The largest absolute Gasteiger partial charge is 0.493 e. The molecule has 4 rings (SSSR count). The molecule has 0 spiro atoms. The topological polar surface area (TPSA) is 157 Å². The van der Waals surface area contributed by atoms with Gasteiger partial charge in [0.15, 0.2) is 17.3 Å². The highest BCUT2D eigenvalue weighted by atomic mass is 19.1. The maximum Gasteiger partial charge on any atom is 0.350 e. The van der Waals surface area contributed by atoms with Gasteiger partial charge in [0.25, 0.3) is 5.95 Å². The van der Waals surface area contributed by atoms with Gasteiger partial charge in [0.2, 0.25) is 0 Å². The zero-order valence-corrected chi connectivity index (χ0v) is 19.0. The Bertz CT molecular complexity index is 1410. The van der Waals surface area contributed by atoms with Crippen molar-refractivity contribution in [1.29, 1.82) is 5.41 Å². The summed E-state index contributed by atoms with van der Waals surface area (Å²) in [5.41, 5.74) is 5.97. The summed E-state index contributed by atoms with van der Waals surface area (Å²) in [6.07, 6.45) is 2.91. The van der Waals surface area contributed by atoms with Crippen LogP contribution in [0.2, 0.25) is 0 Å². The maximum absolute atomic E-state index is 15.4. The lowest BCUT2D eigenvalue weighted by atomic mass is 10.0. The Morgan fingerprint density at radius 1 is 1.22 bits per heavy atom. The molecule has 5 N–H and O–H groups in total. The Kier molecular flexibility index (Phi) is 7.18. The molecular weight excluding hydrogens is 474 g/mol. The fourth-order valence-corrected chi connectivity index (χ4v) is 3.41. The lowest BCUT2D eigenvalue weighted by molar-refractivity contribution is 0.258. The average Bonchev–Trinajstić information content (AvgIpc) is 3.28. The smallest absolute Gasteiger partial charge is 0.350 e. The summed E-state index contributed by atoms with van der Waals surface area (Å²) in [7, 11) is 1.37. The van der Waals surface area contributed by atoms with Gasteiger partial charge in [-0.1, -0.05) is 0 Å². The van der Waals surface area contributed by atoms with E-state index in [9.17, 15) is 9.18 Å². The van der Waals surface area contributed by atoms with Crippen LogP contribution in [0.5, 0.6) is 11.5 Å². The predicted octanol–water partition coefficient (Wildman–Crippen LogP) is 2.33. The van der Waals surface area contributed by atoms with E-state index >= 15 is 4.39 Å². The molecule has 1 atom stereocenters. The molecule has 2 aromatic carbocycles. The van der Waals surface area contributed by atoms with Gasteiger partial charge in [0, 0.05) is 35.3 Å². The Hall–Kier alpha value is -4.81. The lowest BCUT2D eigenvalue weighted by Crippen LogP contribution is -2.18. The number of hydrogen-bond acceptors (Lipinski definition) is 8. The van der Waals surface area contributed by atoms with E-state index in [-0.39, 0.29) is 41.3 Å². The Balaban J connectivity index is 1.80. The molecule has 0 saturated carbocycles. The van der Waals surface area contributed by atoms with Crippen molar-refractivity contribution in [1.82, 2.24) is 24.7 Å². The lowest BCUT2D eigenvalue weighted by Gasteiger charge is -2.21. The Labute approximate surface area is 203 Å². The third-order valence-electron chi connectivity index (χ3n) is 5.09. The number of benzene rings is 2. The van der Waals surface area contributed by atoms with Gasteiger partial charge in [-0.25, -0.2) is 23.5 Å². The van der Waals surface area contributed by atoms with Crippen molar-refractivity contribution in [3.63, 3.8) is 0 Å². The number of nitrogens with zero attached hydrogens (tertiary/aromatic N) is 4. The van der Waals surface area contributed by atoms with E-state index in [0.717, 1.165) is 10.7 Å². The number of alkyl halides is 1. The second-order valence-electron chi connectivity index (χ2n) is 7.41. The van der Waals surface area contributed by atoms with E-state index in [4.69, 9.17) is 20.6 Å². The van der Waals surface area contributed by atoms with E-state index in [1.54, 1.807) is 30.3 Å². The van der Waals surface area contributed by atoms with E-state index < -0.39 is 24.2 Å². The minimum absolute atomic E-state index is 0.0256. The maximum atomic E-state index is 15.4. The zero-order valence-electron chi connectivity index (χ0n) is 19.0. The predicted molar refractivity (Wildman–Crippen MR) is 127 cm³/mol.